The van der Waals surface area contributed by atoms with Crippen LogP contribution in [0.2, 0.25) is 0 Å². The van der Waals surface area contributed by atoms with E-state index in [2.05, 4.69) is 22.4 Å². The van der Waals surface area contributed by atoms with Crippen LogP contribution in [0.3, 0.4) is 0 Å². The van der Waals surface area contributed by atoms with E-state index in [4.69, 9.17) is 4.74 Å². The molecule has 29 heavy (non-hydrogen) atoms. The van der Waals surface area contributed by atoms with Gasteiger partial charge in [0.05, 0.1) is 7.11 Å². The summed E-state index contributed by atoms with van der Waals surface area (Å²) in [5.41, 5.74) is 5.34. The number of carbonyl (C=O) groups excluding carboxylic acids is 1. The van der Waals surface area contributed by atoms with Gasteiger partial charge in [0.15, 0.2) is 0 Å². The van der Waals surface area contributed by atoms with Crippen molar-refractivity contribution in [2.24, 2.45) is 5.10 Å². The predicted molar refractivity (Wildman–Crippen MR) is 117 cm³/mol. The molecule has 142 valence electrons. The Morgan fingerprint density at radius 3 is 2.41 bits per heavy atom. The topological polar surface area (TPSA) is 50.7 Å². The van der Waals surface area contributed by atoms with Crippen LogP contribution in [0.15, 0.2) is 96.1 Å². The second kappa shape index (κ2) is 10.3. The Bertz CT molecular complexity index is 1080. The van der Waals surface area contributed by atoms with Gasteiger partial charge in [-0.3, -0.25) is 4.79 Å². The Kier molecular flexibility index (Phi) is 6.97. The van der Waals surface area contributed by atoms with E-state index in [0.29, 0.717) is 17.0 Å². The Morgan fingerprint density at radius 2 is 1.69 bits per heavy atom. The summed E-state index contributed by atoms with van der Waals surface area (Å²) in [5, 5.41) is 4.20. The van der Waals surface area contributed by atoms with E-state index in [1.165, 1.54) is 0 Å². The van der Waals surface area contributed by atoms with E-state index in [9.17, 15) is 4.79 Å². The summed E-state index contributed by atoms with van der Waals surface area (Å²) in [7, 11) is 1.56. The maximum absolute atomic E-state index is 12.4. The summed E-state index contributed by atoms with van der Waals surface area (Å²) in [5.74, 6) is 6.34. The van der Waals surface area contributed by atoms with Crippen LogP contribution in [0.4, 0.5) is 0 Å². The van der Waals surface area contributed by atoms with Crippen molar-refractivity contribution in [2.75, 3.05) is 7.11 Å². The van der Waals surface area contributed by atoms with Gasteiger partial charge < -0.3 is 4.74 Å². The molecule has 0 spiro atoms. The molecule has 0 aromatic heterocycles. The Hall–Kier alpha value is -4.10. The number of nitrogens with zero attached hydrogens (tertiary/aromatic N) is 1. The molecule has 0 aliphatic rings. The molecule has 0 heterocycles. The maximum Gasteiger partial charge on any atom is 0.271 e. The summed E-state index contributed by atoms with van der Waals surface area (Å²) in [6, 6.07) is 26.3. The molecule has 0 aliphatic carbocycles. The number of hydrazone groups is 1. The fraction of sp³-hybridized carbons (Fsp3) is 0.0400. The Labute approximate surface area is 170 Å². The molecule has 1 N–H and O–H groups in total. The molecule has 3 aromatic rings. The zero-order valence-electron chi connectivity index (χ0n) is 16.0. The first-order valence-electron chi connectivity index (χ1n) is 9.07. The average Bonchev–Trinajstić information content (AvgIpc) is 2.79. The lowest BCUT2D eigenvalue weighted by atomic mass is 10.2. The molecule has 0 saturated heterocycles. The minimum atomic E-state index is -0.337. The Morgan fingerprint density at radius 1 is 0.966 bits per heavy atom. The van der Waals surface area contributed by atoms with E-state index in [0.717, 1.165) is 11.1 Å². The smallest absolute Gasteiger partial charge is 0.271 e. The second-order valence-corrected chi connectivity index (χ2v) is 6.03. The van der Waals surface area contributed by atoms with Gasteiger partial charge >= 0.3 is 0 Å². The SMILES string of the molecule is COc1cccc(C(=O)N/N=C(C#Cc2ccccc2)\C=C\c2ccccc2)c1. The fourth-order valence-electron chi connectivity index (χ4n) is 2.44. The van der Waals surface area contributed by atoms with Crippen LogP contribution in [-0.2, 0) is 0 Å². The largest absolute Gasteiger partial charge is 0.497 e. The number of hydrogen-bond donors (Lipinski definition) is 1. The van der Waals surface area contributed by atoms with Gasteiger partial charge in [-0.15, -0.1) is 0 Å². The highest BCUT2D eigenvalue weighted by atomic mass is 16.5. The summed E-state index contributed by atoms with van der Waals surface area (Å²) in [4.78, 5) is 12.4. The molecule has 3 rings (SSSR count). The van der Waals surface area contributed by atoms with Gasteiger partial charge in [0, 0.05) is 11.1 Å². The maximum atomic E-state index is 12.4. The third-order valence-electron chi connectivity index (χ3n) is 3.95. The van der Waals surface area contributed by atoms with E-state index < -0.39 is 0 Å². The number of nitrogens with one attached hydrogen (secondary N) is 1. The number of rotatable bonds is 5. The van der Waals surface area contributed by atoms with E-state index in [1.807, 2.05) is 66.7 Å². The zero-order chi connectivity index (χ0) is 20.3. The van der Waals surface area contributed by atoms with Crippen molar-refractivity contribution < 1.29 is 9.53 Å². The first kappa shape index (κ1) is 19.7. The summed E-state index contributed by atoms with van der Waals surface area (Å²) >= 11 is 0. The van der Waals surface area contributed by atoms with Gasteiger partial charge in [-0.1, -0.05) is 66.6 Å². The van der Waals surface area contributed by atoms with Crippen LogP contribution >= 0.6 is 0 Å². The monoisotopic (exact) mass is 380 g/mol. The minimum Gasteiger partial charge on any atom is -0.497 e. The lowest BCUT2D eigenvalue weighted by molar-refractivity contribution is 0.0954. The highest BCUT2D eigenvalue weighted by Crippen LogP contribution is 2.12. The summed E-state index contributed by atoms with van der Waals surface area (Å²) < 4.78 is 5.16. The molecule has 0 fully saturated rings. The van der Waals surface area contributed by atoms with Crippen molar-refractivity contribution in [1.29, 1.82) is 0 Å². The number of hydrogen-bond acceptors (Lipinski definition) is 3. The molecule has 4 nitrogen and oxygen atoms in total. The van der Waals surface area contributed by atoms with Gasteiger partial charge in [0.1, 0.15) is 11.5 Å². The van der Waals surface area contributed by atoms with Crippen molar-refractivity contribution in [3.8, 4) is 17.6 Å². The van der Waals surface area contributed by atoms with Crippen molar-refractivity contribution >= 4 is 17.7 Å². The fourth-order valence-corrected chi connectivity index (χ4v) is 2.44. The predicted octanol–water partition coefficient (Wildman–Crippen LogP) is 4.55. The molecule has 0 radical (unpaired) electrons. The minimum absolute atomic E-state index is 0.337. The zero-order valence-corrected chi connectivity index (χ0v) is 16.0. The van der Waals surface area contributed by atoms with Crippen LogP contribution in [0.25, 0.3) is 6.08 Å². The highest BCUT2D eigenvalue weighted by molar-refractivity contribution is 6.11. The second-order valence-electron chi connectivity index (χ2n) is 6.03. The van der Waals surface area contributed by atoms with Gasteiger partial charge in [-0.2, -0.15) is 5.10 Å². The highest BCUT2D eigenvalue weighted by Gasteiger charge is 2.05. The van der Waals surface area contributed by atoms with Crippen molar-refractivity contribution in [1.82, 2.24) is 5.43 Å². The van der Waals surface area contributed by atoms with Crippen molar-refractivity contribution in [3.05, 3.63) is 108 Å². The van der Waals surface area contributed by atoms with Crippen LogP contribution in [0.1, 0.15) is 21.5 Å². The molecule has 4 heteroatoms. The molecule has 0 saturated carbocycles. The number of allylic oxidation sites excluding steroid dienone is 1. The molecule has 0 bridgehead atoms. The molecule has 0 aliphatic heterocycles. The molecule has 0 unspecified atom stereocenters. The lowest BCUT2D eigenvalue weighted by Gasteiger charge is -2.03. The normalized spacial score (nSPS) is 10.9. The van der Waals surface area contributed by atoms with E-state index >= 15 is 0 Å². The van der Waals surface area contributed by atoms with Crippen molar-refractivity contribution in [2.45, 2.75) is 0 Å². The number of carbonyl (C=O) groups is 1. The molecule has 3 aromatic carbocycles. The van der Waals surface area contributed by atoms with Gasteiger partial charge in [-0.25, -0.2) is 5.43 Å². The van der Waals surface area contributed by atoms with E-state index in [-0.39, 0.29) is 5.91 Å². The average molecular weight is 380 g/mol. The first-order chi connectivity index (χ1) is 14.2. The third kappa shape index (κ3) is 6.23. The van der Waals surface area contributed by atoms with Crippen LogP contribution in [-0.4, -0.2) is 18.7 Å². The van der Waals surface area contributed by atoms with E-state index in [1.54, 1.807) is 37.5 Å². The van der Waals surface area contributed by atoms with Crippen LogP contribution < -0.4 is 10.2 Å². The van der Waals surface area contributed by atoms with Gasteiger partial charge in [0.25, 0.3) is 5.91 Å². The first-order valence-corrected chi connectivity index (χ1v) is 9.07. The molecular formula is C25H20N2O2. The number of ether oxygens (including phenoxy) is 1. The Balaban J connectivity index is 1.82. The molecule has 0 atom stereocenters. The van der Waals surface area contributed by atoms with Crippen LogP contribution in [0, 0.1) is 11.8 Å². The van der Waals surface area contributed by atoms with Gasteiger partial charge in [-0.05, 0) is 47.9 Å². The summed E-state index contributed by atoms with van der Waals surface area (Å²) in [6.07, 6.45) is 3.67. The third-order valence-corrected chi connectivity index (χ3v) is 3.95. The summed E-state index contributed by atoms with van der Waals surface area (Å²) in [6.45, 7) is 0. The number of methoxy groups -OCH3 is 1. The number of benzene rings is 3. The van der Waals surface area contributed by atoms with Gasteiger partial charge in [0.2, 0.25) is 0 Å². The lowest BCUT2D eigenvalue weighted by Crippen LogP contribution is -2.19. The standard InChI is InChI=1S/C25H20N2O2/c1-29-24-14-8-13-22(19-24)25(28)27-26-23(17-15-20-9-4-2-5-10-20)18-16-21-11-6-3-7-12-21/h2-15,17,19H,1H3,(H,27,28)/b17-15+,26-23+. The van der Waals surface area contributed by atoms with Crippen molar-refractivity contribution in [3.63, 3.8) is 0 Å². The van der Waals surface area contributed by atoms with Crippen LogP contribution in [0.5, 0.6) is 5.75 Å². The number of amides is 1. The molecular weight excluding hydrogens is 360 g/mol. The molecule has 1 amide bonds. The quantitative estimate of drug-likeness (QED) is 0.401.